The van der Waals surface area contributed by atoms with Gasteiger partial charge in [-0.05, 0) is 90.5 Å². The molecule has 0 saturated heterocycles. The maximum absolute atomic E-state index is 5.11. The summed E-state index contributed by atoms with van der Waals surface area (Å²) in [5.74, 6) is 0.692. The van der Waals surface area contributed by atoms with E-state index in [1.54, 1.807) is 0 Å². The fraction of sp³-hybridized carbons (Fsp3) is 0.343. The molecule has 5 rings (SSSR count). The molecule has 0 fully saturated rings. The molecular weight excluding hydrogens is 532 g/mol. The van der Waals surface area contributed by atoms with Gasteiger partial charge in [-0.15, -0.1) is 0 Å². The Bertz CT molecular complexity index is 1560. The molecule has 0 saturated carbocycles. The van der Waals surface area contributed by atoms with Crippen LogP contribution in [0.2, 0.25) is 0 Å². The molecule has 43 heavy (non-hydrogen) atoms. The van der Waals surface area contributed by atoms with Gasteiger partial charge in [-0.3, -0.25) is 0 Å². The summed E-state index contributed by atoms with van der Waals surface area (Å²) < 4.78 is 1.90. The molecule has 3 aromatic carbocycles. The molecule has 2 heterocycles. The first-order chi connectivity index (χ1) is 21.0. The second-order valence-corrected chi connectivity index (χ2v) is 11.6. The highest BCUT2D eigenvalue weighted by molar-refractivity contribution is 5.92. The van der Waals surface area contributed by atoms with Gasteiger partial charge < -0.3 is 20.4 Å². The number of hydrogen-bond donors (Lipinski definition) is 2. The Balaban J connectivity index is 1.40. The Morgan fingerprint density at radius 2 is 1.21 bits per heavy atom. The van der Waals surface area contributed by atoms with Crippen molar-refractivity contribution in [3.8, 4) is 28.3 Å². The van der Waals surface area contributed by atoms with Crippen LogP contribution in [0.25, 0.3) is 39.4 Å². The van der Waals surface area contributed by atoms with E-state index in [2.05, 4.69) is 109 Å². The van der Waals surface area contributed by atoms with Crippen molar-refractivity contribution in [1.29, 1.82) is 0 Å². The summed E-state index contributed by atoms with van der Waals surface area (Å²) in [4.78, 5) is 14.6. The number of fused-ring (bicyclic) bond motifs is 1. The van der Waals surface area contributed by atoms with Crippen LogP contribution in [-0.4, -0.2) is 83.9 Å². The number of para-hydroxylation sites is 1. The van der Waals surface area contributed by atoms with Crippen LogP contribution in [0.1, 0.15) is 24.0 Å². The quantitative estimate of drug-likeness (QED) is 0.165. The van der Waals surface area contributed by atoms with Gasteiger partial charge in [0.25, 0.3) is 0 Å². The van der Waals surface area contributed by atoms with Crippen molar-refractivity contribution in [1.82, 2.24) is 40.2 Å². The largest absolute Gasteiger partial charge is 0.313 e. The zero-order chi connectivity index (χ0) is 30.0. The van der Waals surface area contributed by atoms with Crippen molar-refractivity contribution in [3.63, 3.8) is 0 Å². The van der Waals surface area contributed by atoms with Gasteiger partial charge >= 0.3 is 0 Å². The number of nitrogens with zero attached hydrogens (tertiary/aromatic N) is 6. The van der Waals surface area contributed by atoms with E-state index in [1.165, 1.54) is 11.1 Å². The van der Waals surface area contributed by atoms with Gasteiger partial charge in [0.2, 0.25) is 0 Å². The zero-order valence-electron chi connectivity index (χ0n) is 25.9. The zero-order valence-corrected chi connectivity index (χ0v) is 25.9. The number of rotatable bonds is 15. The standard InChI is InChI=1S/C35H44N8/c1-41(2)22-8-20-36-24-27-12-16-29(17-13-27)33-32-26-38-43(31-10-6-5-7-11-31)35(32)40-34(39-33)30-18-14-28(15-19-30)25-37-21-9-23-42(3)4/h5-7,10-19,26,36-37H,8-9,20-25H2,1-4H3. The van der Waals surface area contributed by atoms with Crippen molar-refractivity contribution in [3.05, 3.63) is 96.2 Å². The Hall–Kier alpha value is -3.95. The summed E-state index contributed by atoms with van der Waals surface area (Å²) in [6.07, 6.45) is 4.14. The molecule has 8 heteroatoms. The topological polar surface area (TPSA) is 74.1 Å². The third-order valence-corrected chi connectivity index (χ3v) is 7.44. The van der Waals surface area contributed by atoms with Crippen LogP contribution in [0.4, 0.5) is 0 Å². The van der Waals surface area contributed by atoms with E-state index >= 15 is 0 Å². The number of hydrogen-bond acceptors (Lipinski definition) is 7. The van der Waals surface area contributed by atoms with Crippen LogP contribution in [-0.2, 0) is 13.1 Å². The van der Waals surface area contributed by atoms with Gasteiger partial charge in [-0.25, -0.2) is 14.6 Å². The lowest BCUT2D eigenvalue weighted by Gasteiger charge is -2.11. The molecule has 224 valence electrons. The highest BCUT2D eigenvalue weighted by Crippen LogP contribution is 2.30. The van der Waals surface area contributed by atoms with Gasteiger partial charge in [-0.2, -0.15) is 5.10 Å². The van der Waals surface area contributed by atoms with Crippen LogP contribution in [0.5, 0.6) is 0 Å². The summed E-state index contributed by atoms with van der Waals surface area (Å²) in [6.45, 7) is 5.87. The second-order valence-electron chi connectivity index (χ2n) is 11.6. The van der Waals surface area contributed by atoms with Gasteiger partial charge in [0, 0.05) is 24.2 Å². The highest BCUT2D eigenvalue weighted by Gasteiger charge is 2.16. The van der Waals surface area contributed by atoms with Crippen molar-refractivity contribution in [2.45, 2.75) is 25.9 Å². The first-order valence-electron chi connectivity index (χ1n) is 15.2. The van der Waals surface area contributed by atoms with E-state index in [0.29, 0.717) is 5.82 Å². The first-order valence-corrected chi connectivity index (χ1v) is 15.2. The summed E-state index contributed by atoms with van der Waals surface area (Å²) in [7, 11) is 8.44. The SMILES string of the molecule is CN(C)CCCNCc1ccc(-c2nc(-c3ccc(CNCCCN(C)C)cc3)c3cnn(-c4ccccc4)c3n2)cc1. The lowest BCUT2D eigenvalue weighted by atomic mass is 10.1. The predicted octanol–water partition coefficient (Wildman–Crippen LogP) is 5.23. The molecule has 0 spiro atoms. The molecule has 2 N–H and O–H groups in total. The molecule has 0 amide bonds. The maximum atomic E-state index is 5.11. The maximum Gasteiger partial charge on any atom is 0.167 e. The first kappa shape index (κ1) is 30.5. The predicted molar refractivity (Wildman–Crippen MR) is 177 cm³/mol. The van der Waals surface area contributed by atoms with E-state index in [9.17, 15) is 0 Å². The van der Waals surface area contributed by atoms with E-state index in [1.807, 2.05) is 29.1 Å². The summed E-state index contributed by atoms with van der Waals surface area (Å²) in [6, 6.07) is 27.4. The monoisotopic (exact) mass is 576 g/mol. The fourth-order valence-corrected chi connectivity index (χ4v) is 5.07. The highest BCUT2D eigenvalue weighted by atomic mass is 15.3. The molecule has 0 atom stereocenters. The van der Waals surface area contributed by atoms with Gasteiger partial charge in [0.05, 0.1) is 23.0 Å². The van der Waals surface area contributed by atoms with Crippen molar-refractivity contribution < 1.29 is 0 Å². The van der Waals surface area contributed by atoms with Crippen LogP contribution in [0.3, 0.4) is 0 Å². The molecule has 0 unspecified atom stereocenters. The number of benzene rings is 3. The molecule has 0 aliphatic rings. The molecule has 2 aromatic heterocycles. The molecular formula is C35H44N8. The molecule has 0 aliphatic heterocycles. The average Bonchev–Trinajstić information content (AvgIpc) is 3.45. The van der Waals surface area contributed by atoms with Crippen LogP contribution in [0, 0.1) is 0 Å². The average molecular weight is 577 g/mol. The minimum Gasteiger partial charge on any atom is -0.313 e. The van der Waals surface area contributed by atoms with Crippen molar-refractivity contribution >= 4 is 11.0 Å². The van der Waals surface area contributed by atoms with Gasteiger partial charge in [0.1, 0.15) is 0 Å². The van der Waals surface area contributed by atoms with E-state index < -0.39 is 0 Å². The fourth-order valence-electron chi connectivity index (χ4n) is 5.07. The Morgan fingerprint density at radius 1 is 0.651 bits per heavy atom. The molecule has 8 nitrogen and oxygen atoms in total. The Morgan fingerprint density at radius 3 is 1.77 bits per heavy atom. The summed E-state index contributed by atoms with van der Waals surface area (Å²) in [5.41, 5.74) is 7.19. The van der Waals surface area contributed by atoms with Crippen LogP contribution in [0.15, 0.2) is 85.1 Å². The van der Waals surface area contributed by atoms with Gasteiger partial charge in [0.15, 0.2) is 11.5 Å². The summed E-state index contributed by atoms with van der Waals surface area (Å²) >= 11 is 0. The van der Waals surface area contributed by atoms with E-state index in [-0.39, 0.29) is 0 Å². The lowest BCUT2D eigenvalue weighted by Crippen LogP contribution is -2.20. The third kappa shape index (κ3) is 8.33. The smallest absolute Gasteiger partial charge is 0.167 e. The number of nitrogens with one attached hydrogen (secondary N) is 2. The van der Waals surface area contributed by atoms with Crippen molar-refractivity contribution in [2.75, 3.05) is 54.4 Å². The molecule has 0 aliphatic carbocycles. The number of aromatic nitrogens is 4. The Labute approximate surface area is 255 Å². The van der Waals surface area contributed by atoms with E-state index in [4.69, 9.17) is 15.1 Å². The van der Waals surface area contributed by atoms with Crippen molar-refractivity contribution in [2.24, 2.45) is 0 Å². The normalized spacial score (nSPS) is 11.7. The molecule has 0 bridgehead atoms. The minimum absolute atomic E-state index is 0.692. The lowest BCUT2D eigenvalue weighted by molar-refractivity contribution is 0.394. The third-order valence-electron chi connectivity index (χ3n) is 7.44. The molecule has 5 aromatic rings. The van der Waals surface area contributed by atoms with Gasteiger partial charge in [-0.1, -0.05) is 66.7 Å². The van der Waals surface area contributed by atoms with Crippen LogP contribution >= 0.6 is 0 Å². The second kappa shape index (κ2) is 15.0. The molecule has 0 radical (unpaired) electrons. The minimum atomic E-state index is 0.692. The summed E-state index contributed by atoms with van der Waals surface area (Å²) in [5, 5.41) is 12.8. The van der Waals surface area contributed by atoms with E-state index in [0.717, 1.165) is 85.7 Å². The Kier molecular flexibility index (Phi) is 10.6. The van der Waals surface area contributed by atoms with Crippen LogP contribution < -0.4 is 10.6 Å².